The van der Waals surface area contributed by atoms with Crippen LogP contribution in [0, 0.1) is 18.8 Å². The number of carbonyl (C=O) groups is 3. The number of carboxylic acids is 1. The van der Waals surface area contributed by atoms with Gasteiger partial charge in [0.05, 0.1) is 24.3 Å². The number of rotatable bonds is 5. The molecule has 1 aromatic carbocycles. The van der Waals surface area contributed by atoms with E-state index in [9.17, 15) is 27.6 Å². The molecule has 1 unspecified atom stereocenters. The quantitative estimate of drug-likeness (QED) is 0.715. The van der Waals surface area contributed by atoms with Crippen molar-refractivity contribution in [1.82, 2.24) is 10.2 Å². The third-order valence-electron chi connectivity index (χ3n) is 4.67. The van der Waals surface area contributed by atoms with Crippen molar-refractivity contribution in [2.45, 2.75) is 25.6 Å². The van der Waals surface area contributed by atoms with Crippen LogP contribution in [-0.2, 0) is 9.59 Å². The van der Waals surface area contributed by atoms with E-state index >= 15 is 0 Å². The lowest BCUT2D eigenvalue weighted by Crippen LogP contribution is -2.38. The molecule has 2 rings (SSSR count). The molecule has 0 radical (unpaired) electrons. The maximum Gasteiger partial charge on any atom is 0.394 e. The number of likely N-dealkylation sites (tertiary alicyclic amines) is 1. The van der Waals surface area contributed by atoms with Crippen LogP contribution in [0.1, 0.15) is 23.6 Å². The molecule has 1 fully saturated rings. The molecule has 27 heavy (non-hydrogen) atoms. The molecule has 10 heteroatoms. The van der Waals surface area contributed by atoms with Gasteiger partial charge in [0.15, 0.2) is 0 Å². The highest BCUT2D eigenvalue weighted by Gasteiger charge is 2.53. The molecule has 3 atom stereocenters. The van der Waals surface area contributed by atoms with Gasteiger partial charge in [-0.3, -0.25) is 9.59 Å². The van der Waals surface area contributed by atoms with E-state index in [0.29, 0.717) is 5.56 Å². The fourth-order valence-electron chi connectivity index (χ4n) is 3.28. The maximum atomic E-state index is 13.1. The molecule has 0 bridgehead atoms. The highest BCUT2D eigenvalue weighted by Crippen LogP contribution is 2.38. The Morgan fingerprint density at radius 1 is 1.30 bits per heavy atom. The number of aryl methyl sites for hydroxylation is 1. The van der Waals surface area contributed by atoms with Crippen LogP contribution in [0.3, 0.4) is 0 Å². The number of urea groups is 1. The zero-order chi connectivity index (χ0) is 20.4. The monoisotopic (exact) mass is 387 g/mol. The first-order chi connectivity index (χ1) is 12.5. The smallest absolute Gasteiger partial charge is 0.394 e. The summed E-state index contributed by atoms with van der Waals surface area (Å²) in [4.78, 5) is 35.8. The number of nitrogens with two attached hydrogens (primary N) is 1. The number of nitrogens with one attached hydrogen (secondary N) is 1. The largest absolute Gasteiger partial charge is 0.481 e. The van der Waals surface area contributed by atoms with E-state index in [2.05, 4.69) is 5.32 Å². The van der Waals surface area contributed by atoms with Crippen molar-refractivity contribution >= 4 is 17.9 Å². The van der Waals surface area contributed by atoms with Crippen molar-refractivity contribution in [2.75, 3.05) is 13.1 Å². The molecule has 3 amide bonds. The summed E-state index contributed by atoms with van der Waals surface area (Å²) in [6.07, 6.45) is -5.05. The van der Waals surface area contributed by atoms with Gasteiger partial charge in [0.2, 0.25) is 5.91 Å². The highest BCUT2D eigenvalue weighted by atomic mass is 19.4. The minimum Gasteiger partial charge on any atom is -0.481 e. The molecule has 4 N–H and O–H groups in total. The van der Waals surface area contributed by atoms with Crippen molar-refractivity contribution in [3.63, 3.8) is 0 Å². The third kappa shape index (κ3) is 4.89. The van der Waals surface area contributed by atoms with Gasteiger partial charge in [0.1, 0.15) is 0 Å². The molecule has 7 nitrogen and oxygen atoms in total. The first-order valence-corrected chi connectivity index (χ1v) is 8.19. The van der Waals surface area contributed by atoms with Crippen LogP contribution in [0.5, 0.6) is 0 Å². The first kappa shape index (κ1) is 20.5. The standard InChI is InChI=1S/C17H20F3N3O4/c1-9-4-2-3-5-10(9)13(22-16(21)27)6-14(24)23-7-11(15(25)26)12(8-23)17(18,19)20/h2-5,11-13H,6-8H2,1H3,(H,25,26)(H3,21,22,27)/t11-,12-,13?/m1/s1. The van der Waals surface area contributed by atoms with Crippen molar-refractivity contribution in [2.24, 2.45) is 17.6 Å². The molecule has 1 aliphatic heterocycles. The molecule has 0 aliphatic carbocycles. The number of hydrogen-bond acceptors (Lipinski definition) is 3. The fraction of sp³-hybridized carbons (Fsp3) is 0.471. The Morgan fingerprint density at radius 3 is 2.41 bits per heavy atom. The number of primary amides is 1. The Morgan fingerprint density at radius 2 is 1.93 bits per heavy atom. The molecule has 1 saturated heterocycles. The van der Waals surface area contributed by atoms with Crippen molar-refractivity contribution < 1.29 is 32.7 Å². The Hall–Kier alpha value is -2.78. The number of carbonyl (C=O) groups excluding carboxylic acids is 2. The van der Waals surface area contributed by atoms with Gasteiger partial charge in [-0.1, -0.05) is 24.3 Å². The number of nitrogens with zero attached hydrogens (tertiary/aromatic N) is 1. The van der Waals surface area contributed by atoms with Crippen LogP contribution in [0.2, 0.25) is 0 Å². The number of alkyl halides is 3. The third-order valence-corrected chi connectivity index (χ3v) is 4.67. The molecule has 0 aromatic heterocycles. The van der Waals surface area contributed by atoms with Crippen LogP contribution in [0.4, 0.5) is 18.0 Å². The zero-order valence-electron chi connectivity index (χ0n) is 14.5. The second-order valence-electron chi connectivity index (χ2n) is 6.51. The number of benzene rings is 1. The molecule has 1 aromatic rings. The van der Waals surface area contributed by atoms with Gasteiger partial charge < -0.3 is 21.1 Å². The number of hydrogen-bond donors (Lipinski definition) is 3. The summed E-state index contributed by atoms with van der Waals surface area (Å²) in [5.41, 5.74) is 6.52. The van der Waals surface area contributed by atoms with E-state index in [4.69, 9.17) is 10.8 Å². The number of aliphatic carboxylic acids is 1. The van der Waals surface area contributed by atoms with Gasteiger partial charge >= 0.3 is 18.2 Å². The normalized spacial score (nSPS) is 21.0. The van der Waals surface area contributed by atoms with Gasteiger partial charge in [-0.15, -0.1) is 0 Å². The lowest BCUT2D eigenvalue weighted by atomic mass is 9.96. The van der Waals surface area contributed by atoms with Crippen molar-refractivity contribution in [3.05, 3.63) is 35.4 Å². The second kappa shape index (κ2) is 7.85. The average Bonchev–Trinajstić information content (AvgIpc) is 3.00. The van der Waals surface area contributed by atoms with Gasteiger partial charge in [-0.25, -0.2) is 4.79 Å². The Balaban J connectivity index is 2.19. The van der Waals surface area contributed by atoms with Crippen LogP contribution in [-0.4, -0.2) is 47.2 Å². The van der Waals surface area contributed by atoms with Crippen LogP contribution in [0.15, 0.2) is 24.3 Å². The van der Waals surface area contributed by atoms with Gasteiger partial charge in [0, 0.05) is 13.1 Å². The lowest BCUT2D eigenvalue weighted by Gasteiger charge is -2.23. The summed E-state index contributed by atoms with van der Waals surface area (Å²) >= 11 is 0. The molecule has 0 spiro atoms. The predicted octanol–water partition coefficient (Wildman–Crippen LogP) is 1.82. The van der Waals surface area contributed by atoms with Crippen LogP contribution >= 0.6 is 0 Å². The minimum atomic E-state index is -4.72. The number of halogens is 3. The zero-order valence-corrected chi connectivity index (χ0v) is 14.5. The summed E-state index contributed by atoms with van der Waals surface area (Å²) in [6, 6.07) is 5.17. The van der Waals surface area contributed by atoms with E-state index in [0.717, 1.165) is 10.5 Å². The number of amides is 3. The summed E-state index contributed by atoms with van der Waals surface area (Å²) in [5.74, 6) is -6.12. The molecular formula is C17H20F3N3O4. The van der Waals surface area contributed by atoms with E-state index in [1.54, 1.807) is 31.2 Å². The molecule has 1 heterocycles. The van der Waals surface area contributed by atoms with Crippen LogP contribution < -0.4 is 11.1 Å². The SMILES string of the molecule is Cc1ccccc1C(CC(=O)N1C[C@@H](C(F)(F)F)[C@H](C(=O)O)C1)NC(N)=O. The molecule has 0 saturated carbocycles. The van der Waals surface area contributed by atoms with E-state index in [1.807, 2.05) is 0 Å². The van der Waals surface area contributed by atoms with Gasteiger partial charge in [0.25, 0.3) is 0 Å². The van der Waals surface area contributed by atoms with E-state index in [1.165, 1.54) is 0 Å². The molecular weight excluding hydrogens is 367 g/mol. The average molecular weight is 387 g/mol. The highest BCUT2D eigenvalue weighted by molar-refractivity contribution is 5.81. The molecule has 148 valence electrons. The minimum absolute atomic E-state index is 0.329. The Labute approximate surface area is 153 Å². The second-order valence-corrected chi connectivity index (χ2v) is 6.51. The van der Waals surface area contributed by atoms with Gasteiger partial charge in [-0.05, 0) is 18.1 Å². The number of carboxylic acid groups (broad SMARTS) is 1. The topological polar surface area (TPSA) is 113 Å². The van der Waals surface area contributed by atoms with Crippen LogP contribution in [0.25, 0.3) is 0 Å². The van der Waals surface area contributed by atoms with Gasteiger partial charge in [-0.2, -0.15) is 13.2 Å². The van der Waals surface area contributed by atoms with E-state index < -0.39 is 55.1 Å². The predicted molar refractivity (Wildman–Crippen MR) is 88.5 cm³/mol. The van der Waals surface area contributed by atoms with Crippen molar-refractivity contribution in [1.29, 1.82) is 0 Å². The summed E-state index contributed by atoms with van der Waals surface area (Å²) < 4.78 is 39.3. The molecule has 1 aliphatic rings. The Bertz CT molecular complexity index is 738. The van der Waals surface area contributed by atoms with E-state index in [-0.39, 0.29) is 6.42 Å². The van der Waals surface area contributed by atoms with Crippen molar-refractivity contribution in [3.8, 4) is 0 Å². The summed E-state index contributed by atoms with van der Waals surface area (Å²) in [6.45, 7) is 0.497. The summed E-state index contributed by atoms with van der Waals surface area (Å²) in [7, 11) is 0. The lowest BCUT2D eigenvalue weighted by molar-refractivity contribution is -0.188. The first-order valence-electron chi connectivity index (χ1n) is 8.19. The summed E-state index contributed by atoms with van der Waals surface area (Å²) in [5, 5.41) is 11.5. The Kier molecular flexibility index (Phi) is 5.97. The maximum absolute atomic E-state index is 13.1. The fourth-order valence-corrected chi connectivity index (χ4v) is 3.28.